The maximum atomic E-state index is 5.45. The molecule has 2 aromatic heterocycles. The maximum absolute atomic E-state index is 5.45. The topological polar surface area (TPSA) is 89.6 Å². The van der Waals surface area contributed by atoms with Crippen molar-refractivity contribution in [2.45, 2.75) is 6.04 Å². The van der Waals surface area contributed by atoms with Gasteiger partial charge in [0, 0.05) is 24.8 Å². The van der Waals surface area contributed by atoms with Crippen LogP contribution in [0.2, 0.25) is 0 Å². The minimum atomic E-state index is -0.285. The molecular weight excluding hydrogens is 192 g/mol. The van der Waals surface area contributed by atoms with Crippen molar-refractivity contribution in [3.05, 3.63) is 48.6 Å². The minimum Gasteiger partial charge on any atom is -0.270 e. The maximum Gasteiger partial charge on any atom is 0.108 e. The molecule has 6 heteroatoms. The molecule has 0 aromatic carbocycles. The number of rotatable bonds is 3. The first-order valence-corrected chi connectivity index (χ1v) is 4.40. The summed E-state index contributed by atoms with van der Waals surface area (Å²) in [7, 11) is 0. The van der Waals surface area contributed by atoms with E-state index in [1.807, 2.05) is 0 Å². The smallest absolute Gasteiger partial charge is 0.108 e. The summed E-state index contributed by atoms with van der Waals surface area (Å²) in [5, 5.41) is 0. The molecule has 0 bridgehead atoms. The predicted octanol–water partition coefficient (Wildman–Crippen LogP) is -0.181. The summed E-state index contributed by atoms with van der Waals surface area (Å²) in [6.45, 7) is 0. The zero-order valence-corrected chi connectivity index (χ0v) is 7.91. The fourth-order valence-electron chi connectivity index (χ4n) is 1.24. The number of hydrogen-bond donors (Lipinski definition) is 2. The fourth-order valence-corrected chi connectivity index (χ4v) is 1.24. The van der Waals surface area contributed by atoms with E-state index in [4.69, 9.17) is 5.84 Å². The summed E-state index contributed by atoms with van der Waals surface area (Å²) >= 11 is 0. The van der Waals surface area contributed by atoms with Crippen molar-refractivity contribution in [1.29, 1.82) is 0 Å². The number of nitrogens with two attached hydrogens (primary N) is 1. The van der Waals surface area contributed by atoms with Gasteiger partial charge >= 0.3 is 0 Å². The van der Waals surface area contributed by atoms with Crippen molar-refractivity contribution in [2.24, 2.45) is 5.84 Å². The predicted molar refractivity (Wildman–Crippen MR) is 53.2 cm³/mol. The summed E-state index contributed by atoms with van der Waals surface area (Å²) < 4.78 is 0. The van der Waals surface area contributed by atoms with Gasteiger partial charge in [-0.1, -0.05) is 0 Å². The van der Waals surface area contributed by atoms with E-state index in [0.717, 1.165) is 0 Å². The van der Waals surface area contributed by atoms with Gasteiger partial charge in [-0.15, -0.1) is 0 Å². The molecule has 0 fully saturated rings. The van der Waals surface area contributed by atoms with Crippen molar-refractivity contribution in [3.8, 4) is 0 Å². The lowest BCUT2D eigenvalue weighted by molar-refractivity contribution is 0.600. The quantitative estimate of drug-likeness (QED) is 0.530. The fraction of sp³-hybridized carbons (Fsp3) is 0.111. The van der Waals surface area contributed by atoms with Gasteiger partial charge in [0.05, 0.1) is 23.8 Å². The minimum absolute atomic E-state index is 0.285. The van der Waals surface area contributed by atoms with Crippen molar-refractivity contribution in [3.63, 3.8) is 0 Å². The second-order valence-electron chi connectivity index (χ2n) is 2.86. The first kappa shape index (κ1) is 9.63. The Labute approximate surface area is 86.6 Å². The molecule has 0 saturated carbocycles. The molecule has 6 nitrogen and oxygen atoms in total. The zero-order chi connectivity index (χ0) is 10.5. The van der Waals surface area contributed by atoms with Crippen LogP contribution in [0.25, 0.3) is 0 Å². The summed E-state index contributed by atoms with van der Waals surface area (Å²) in [6.07, 6.45) is 9.70. The molecule has 0 aliphatic heterocycles. The second-order valence-corrected chi connectivity index (χ2v) is 2.86. The van der Waals surface area contributed by atoms with Crippen LogP contribution in [-0.4, -0.2) is 19.9 Å². The first-order chi connectivity index (χ1) is 7.42. The molecule has 0 unspecified atom stereocenters. The molecule has 3 N–H and O–H groups in total. The highest BCUT2D eigenvalue weighted by Crippen LogP contribution is 2.14. The second kappa shape index (κ2) is 4.54. The molecule has 0 saturated heterocycles. The van der Waals surface area contributed by atoms with Gasteiger partial charge < -0.3 is 0 Å². The van der Waals surface area contributed by atoms with Crippen LogP contribution in [0.5, 0.6) is 0 Å². The summed E-state index contributed by atoms with van der Waals surface area (Å²) in [6, 6.07) is -0.285. The average molecular weight is 202 g/mol. The van der Waals surface area contributed by atoms with Gasteiger partial charge in [-0.2, -0.15) is 0 Å². The van der Waals surface area contributed by atoms with Crippen LogP contribution in [0.15, 0.2) is 37.2 Å². The Kier molecular flexibility index (Phi) is 2.91. The summed E-state index contributed by atoms with van der Waals surface area (Å²) in [4.78, 5) is 16.3. The van der Waals surface area contributed by atoms with Gasteiger partial charge in [0.25, 0.3) is 0 Å². The van der Waals surface area contributed by atoms with Gasteiger partial charge in [-0.3, -0.25) is 25.8 Å². The molecule has 0 atom stereocenters. The lowest BCUT2D eigenvalue weighted by Gasteiger charge is -2.13. The van der Waals surface area contributed by atoms with Crippen LogP contribution in [0.3, 0.4) is 0 Å². The van der Waals surface area contributed by atoms with E-state index in [1.54, 1.807) is 37.2 Å². The van der Waals surface area contributed by atoms with Crippen LogP contribution < -0.4 is 11.3 Å². The number of hydrazine groups is 1. The highest BCUT2D eigenvalue weighted by molar-refractivity contribution is 5.16. The lowest BCUT2D eigenvalue weighted by Crippen LogP contribution is -2.30. The van der Waals surface area contributed by atoms with Crippen molar-refractivity contribution < 1.29 is 0 Å². The Morgan fingerprint density at radius 1 is 0.933 bits per heavy atom. The first-order valence-electron chi connectivity index (χ1n) is 4.40. The zero-order valence-electron chi connectivity index (χ0n) is 7.91. The Morgan fingerprint density at radius 2 is 1.47 bits per heavy atom. The van der Waals surface area contributed by atoms with E-state index in [0.29, 0.717) is 11.4 Å². The number of nitrogens with zero attached hydrogens (tertiary/aromatic N) is 4. The molecule has 2 aromatic rings. The highest BCUT2D eigenvalue weighted by atomic mass is 15.2. The molecule has 76 valence electrons. The molecule has 0 spiro atoms. The molecule has 0 radical (unpaired) electrons. The van der Waals surface area contributed by atoms with E-state index in [2.05, 4.69) is 25.4 Å². The van der Waals surface area contributed by atoms with Crippen LogP contribution in [0.4, 0.5) is 0 Å². The Hall–Kier alpha value is -1.92. The van der Waals surface area contributed by atoms with Gasteiger partial charge in [0.2, 0.25) is 0 Å². The number of aromatic nitrogens is 4. The van der Waals surface area contributed by atoms with Crippen molar-refractivity contribution in [1.82, 2.24) is 25.4 Å². The van der Waals surface area contributed by atoms with E-state index in [1.165, 1.54) is 0 Å². The standard InChI is InChI=1S/C9H10N6/c10-15-9(7-5-11-1-3-13-7)8-6-12-2-4-14-8/h1-6,9,15H,10H2. The molecule has 0 aliphatic rings. The highest BCUT2D eigenvalue weighted by Gasteiger charge is 2.14. The normalized spacial score (nSPS) is 10.5. The van der Waals surface area contributed by atoms with E-state index in [9.17, 15) is 0 Å². The van der Waals surface area contributed by atoms with Crippen LogP contribution in [0.1, 0.15) is 17.4 Å². The van der Waals surface area contributed by atoms with Crippen molar-refractivity contribution >= 4 is 0 Å². The van der Waals surface area contributed by atoms with Gasteiger partial charge in [0.1, 0.15) is 6.04 Å². The molecule has 2 rings (SSSR count). The number of nitrogens with one attached hydrogen (secondary N) is 1. The van der Waals surface area contributed by atoms with Gasteiger partial charge in [0.15, 0.2) is 0 Å². The van der Waals surface area contributed by atoms with Crippen LogP contribution in [0, 0.1) is 0 Å². The van der Waals surface area contributed by atoms with E-state index < -0.39 is 0 Å². The molecule has 0 amide bonds. The Balaban J connectivity index is 2.34. The molecular formula is C9H10N6. The van der Waals surface area contributed by atoms with Crippen molar-refractivity contribution in [2.75, 3.05) is 0 Å². The van der Waals surface area contributed by atoms with E-state index in [-0.39, 0.29) is 6.04 Å². The Morgan fingerprint density at radius 3 is 1.80 bits per heavy atom. The summed E-state index contributed by atoms with van der Waals surface area (Å²) in [5.41, 5.74) is 4.05. The third-order valence-corrected chi connectivity index (χ3v) is 1.92. The number of hydrogen-bond acceptors (Lipinski definition) is 6. The van der Waals surface area contributed by atoms with E-state index >= 15 is 0 Å². The third kappa shape index (κ3) is 2.12. The molecule has 0 aliphatic carbocycles. The third-order valence-electron chi connectivity index (χ3n) is 1.92. The van der Waals surface area contributed by atoms with Gasteiger partial charge in [-0.05, 0) is 0 Å². The van der Waals surface area contributed by atoms with Crippen LogP contribution in [-0.2, 0) is 0 Å². The largest absolute Gasteiger partial charge is 0.270 e. The SMILES string of the molecule is NNC(c1cnccn1)c1cnccn1. The Bertz CT molecular complexity index is 364. The summed E-state index contributed by atoms with van der Waals surface area (Å²) in [5.74, 6) is 5.45. The monoisotopic (exact) mass is 202 g/mol. The molecule has 2 heterocycles. The average Bonchev–Trinajstić information content (AvgIpc) is 2.33. The molecule has 15 heavy (non-hydrogen) atoms. The van der Waals surface area contributed by atoms with Gasteiger partial charge in [-0.25, -0.2) is 5.43 Å². The lowest BCUT2D eigenvalue weighted by atomic mass is 10.1. The van der Waals surface area contributed by atoms with Crippen LogP contribution >= 0.6 is 0 Å².